The highest BCUT2D eigenvalue weighted by Gasteiger charge is 1.98. The molecule has 0 aliphatic heterocycles. The van der Waals surface area contributed by atoms with Crippen LogP contribution >= 0.6 is 0 Å². The Morgan fingerprint density at radius 3 is 2.75 bits per heavy atom. The van der Waals surface area contributed by atoms with Crippen molar-refractivity contribution >= 4 is 12.0 Å². The molecule has 1 heterocycles. The Bertz CT molecular complexity index is 600. The number of ether oxygens (including phenoxy) is 1. The van der Waals surface area contributed by atoms with Gasteiger partial charge in [0.15, 0.2) is 0 Å². The number of benzene rings is 1. The van der Waals surface area contributed by atoms with Crippen molar-refractivity contribution < 1.29 is 14.6 Å². The first-order valence-electron chi connectivity index (χ1n) is 6.27. The molecule has 0 fully saturated rings. The van der Waals surface area contributed by atoms with Gasteiger partial charge < -0.3 is 14.4 Å². The minimum Gasteiger partial charge on any atom is -0.492 e. The fraction of sp³-hybridized carbons (Fsp3) is 0.200. The number of carbonyl (C=O) groups is 1. The maximum Gasteiger partial charge on any atom is 0.328 e. The highest BCUT2D eigenvalue weighted by molar-refractivity contribution is 5.85. The van der Waals surface area contributed by atoms with E-state index in [9.17, 15) is 4.79 Å². The largest absolute Gasteiger partial charge is 0.492 e. The summed E-state index contributed by atoms with van der Waals surface area (Å²) in [6, 6.07) is 7.28. The molecule has 2 rings (SSSR count). The number of hydrogen-bond donors (Lipinski definition) is 1. The number of carboxylic acids is 1. The third-order valence-electron chi connectivity index (χ3n) is 2.82. The molecule has 0 unspecified atom stereocenters. The molecule has 5 nitrogen and oxygen atoms in total. The lowest BCUT2D eigenvalue weighted by atomic mass is 10.2. The van der Waals surface area contributed by atoms with Gasteiger partial charge in [0.2, 0.25) is 0 Å². The van der Waals surface area contributed by atoms with Gasteiger partial charge in [0, 0.05) is 18.5 Å². The molecule has 0 amide bonds. The van der Waals surface area contributed by atoms with Crippen LogP contribution in [0.5, 0.6) is 5.75 Å². The summed E-state index contributed by atoms with van der Waals surface area (Å²) < 4.78 is 7.64. The number of aliphatic carboxylic acids is 1. The molecule has 20 heavy (non-hydrogen) atoms. The molecular formula is C15H16N2O3. The van der Waals surface area contributed by atoms with E-state index in [1.807, 2.05) is 42.0 Å². The molecule has 104 valence electrons. The minimum atomic E-state index is -0.957. The Morgan fingerprint density at radius 2 is 2.15 bits per heavy atom. The third-order valence-corrected chi connectivity index (χ3v) is 2.82. The maximum atomic E-state index is 10.4. The van der Waals surface area contributed by atoms with Crippen molar-refractivity contribution in [1.82, 2.24) is 9.55 Å². The van der Waals surface area contributed by atoms with E-state index in [1.54, 1.807) is 12.3 Å². The van der Waals surface area contributed by atoms with Gasteiger partial charge in [0.25, 0.3) is 0 Å². The van der Waals surface area contributed by atoms with Crippen molar-refractivity contribution in [2.45, 2.75) is 13.5 Å². The van der Waals surface area contributed by atoms with Gasteiger partial charge in [-0.05, 0) is 30.7 Å². The van der Waals surface area contributed by atoms with Crippen molar-refractivity contribution in [1.29, 1.82) is 0 Å². The molecule has 5 heteroatoms. The normalized spacial score (nSPS) is 10.8. The number of aryl methyl sites for hydroxylation is 1. The van der Waals surface area contributed by atoms with Crippen LogP contribution in [0.15, 0.2) is 42.7 Å². The molecule has 0 radical (unpaired) electrons. The second-order valence-corrected chi connectivity index (χ2v) is 4.26. The Kier molecular flexibility index (Phi) is 4.55. The van der Waals surface area contributed by atoms with E-state index >= 15 is 0 Å². The number of aromatic nitrogens is 2. The van der Waals surface area contributed by atoms with Gasteiger partial charge in [-0.15, -0.1) is 0 Å². The predicted octanol–water partition coefficient (Wildman–Crippen LogP) is 2.37. The zero-order chi connectivity index (χ0) is 14.4. The number of rotatable bonds is 6. The van der Waals surface area contributed by atoms with Crippen LogP contribution in [0.25, 0.3) is 6.08 Å². The van der Waals surface area contributed by atoms with Crippen molar-refractivity contribution in [2.24, 2.45) is 0 Å². The lowest BCUT2D eigenvalue weighted by Crippen LogP contribution is -2.08. The van der Waals surface area contributed by atoms with E-state index in [2.05, 4.69) is 4.98 Å². The molecule has 0 saturated carbocycles. The van der Waals surface area contributed by atoms with E-state index in [-0.39, 0.29) is 0 Å². The zero-order valence-electron chi connectivity index (χ0n) is 11.2. The minimum absolute atomic E-state index is 0.557. The summed E-state index contributed by atoms with van der Waals surface area (Å²) in [5.74, 6) is 0.763. The molecule has 1 aromatic carbocycles. The van der Waals surface area contributed by atoms with Crippen LogP contribution in [0.3, 0.4) is 0 Å². The van der Waals surface area contributed by atoms with Crippen molar-refractivity contribution in [3.63, 3.8) is 0 Å². The van der Waals surface area contributed by atoms with E-state index < -0.39 is 5.97 Å². The van der Waals surface area contributed by atoms with Crippen LogP contribution in [0, 0.1) is 6.92 Å². The molecule has 0 spiro atoms. The highest BCUT2D eigenvalue weighted by Crippen LogP contribution is 2.13. The summed E-state index contributed by atoms with van der Waals surface area (Å²) >= 11 is 0. The zero-order valence-corrected chi connectivity index (χ0v) is 11.2. The molecule has 2 aromatic rings. The molecule has 1 aromatic heterocycles. The SMILES string of the molecule is Cc1nccn1CCOc1ccc(C=CC(=O)O)cc1. The number of imidazole rings is 1. The second-order valence-electron chi connectivity index (χ2n) is 4.26. The smallest absolute Gasteiger partial charge is 0.328 e. The third kappa shape index (κ3) is 3.98. The summed E-state index contributed by atoms with van der Waals surface area (Å²) in [6.45, 7) is 3.25. The van der Waals surface area contributed by atoms with Gasteiger partial charge in [0.1, 0.15) is 18.2 Å². The van der Waals surface area contributed by atoms with Crippen molar-refractivity contribution in [2.75, 3.05) is 6.61 Å². The molecule has 0 aliphatic carbocycles. The summed E-state index contributed by atoms with van der Waals surface area (Å²) in [4.78, 5) is 14.5. The van der Waals surface area contributed by atoms with E-state index in [4.69, 9.17) is 9.84 Å². The standard InChI is InChI=1S/C15H16N2O3/c1-12-16-8-9-17(12)10-11-20-14-5-2-13(3-6-14)4-7-15(18)19/h2-9H,10-11H2,1H3,(H,18,19). The second kappa shape index (κ2) is 6.56. The van der Waals surface area contributed by atoms with Gasteiger partial charge >= 0.3 is 5.97 Å². The maximum absolute atomic E-state index is 10.4. The van der Waals surface area contributed by atoms with Gasteiger partial charge in [-0.3, -0.25) is 0 Å². The van der Waals surface area contributed by atoms with Crippen LogP contribution in [-0.2, 0) is 11.3 Å². The summed E-state index contributed by atoms with van der Waals surface area (Å²) in [6.07, 6.45) is 6.33. The van der Waals surface area contributed by atoms with Crippen LogP contribution in [-0.4, -0.2) is 27.2 Å². The lowest BCUT2D eigenvalue weighted by Gasteiger charge is -2.08. The molecule has 0 aliphatic rings. The number of hydrogen-bond acceptors (Lipinski definition) is 3. The first-order chi connectivity index (χ1) is 9.65. The summed E-state index contributed by atoms with van der Waals surface area (Å²) in [5, 5.41) is 8.54. The van der Waals surface area contributed by atoms with Gasteiger partial charge in [-0.25, -0.2) is 9.78 Å². The molecular weight excluding hydrogens is 256 g/mol. The number of carboxylic acid groups (broad SMARTS) is 1. The number of nitrogens with zero attached hydrogens (tertiary/aromatic N) is 2. The van der Waals surface area contributed by atoms with E-state index in [1.165, 1.54) is 0 Å². The first kappa shape index (κ1) is 13.9. The van der Waals surface area contributed by atoms with Crippen molar-refractivity contribution in [3.8, 4) is 5.75 Å². The van der Waals surface area contributed by atoms with E-state index in [0.717, 1.165) is 29.8 Å². The molecule has 1 N–H and O–H groups in total. The lowest BCUT2D eigenvalue weighted by molar-refractivity contribution is -0.131. The van der Waals surface area contributed by atoms with Gasteiger partial charge in [0.05, 0.1) is 6.54 Å². The predicted molar refractivity (Wildman–Crippen MR) is 75.6 cm³/mol. The average Bonchev–Trinajstić information content (AvgIpc) is 2.83. The quantitative estimate of drug-likeness (QED) is 0.820. The first-order valence-corrected chi connectivity index (χ1v) is 6.27. The average molecular weight is 272 g/mol. The molecule has 0 atom stereocenters. The Hall–Kier alpha value is -2.56. The monoisotopic (exact) mass is 272 g/mol. The van der Waals surface area contributed by atoms with Crippen LogP contribution < -0.4 is 4.74 Å². The summed E-state index contributed by atoms with van der Waals surface area (Å²) in [7, 11) is 0. The van der Waals surface area contributed by atoms with Crippen LogP contribution in [0.1, 0.15) is 11.4 Å². The Morgan fingerprint density at radius 1 is 1.40 bits per heavy atom. The fourth-order valence-corrected chi connectivity index (χ4v) is 1.74. The molecule has 0 bridgehead atoms. The van der Waals surface area contributed by atoms with E-state index in [0.29, 0.717) is 6.61 Å². The Balaban J connectivity index is 1.85. The fourth-order valence-electron chi connectivity index (χ4n) is 1.74. The van der Waals surface area contributed by atoms with Crippen LogP contribution in [0.4, 0.5) is 0 Å². The van der Waals surface area contributed by atoms with Gasteiger partial charge in [-0.2, -0.15) is 0 Å². The van der Waals surface area contributed by atoms with Gasteiger partial charge in [-0.1, -0.05) is 12.1 Å². The Labute approximate surface area is 117 Å². The van der Waals surface area contributed by atoms with Crippen molar-refractivity contribution in [3.05, 3.63) is 54.1 Å². The molecule has 0 saturated heterocycles. The topological polar surface area (TPSA) is 64.4 Å². The van der Waals surface area contributed by atoms with Crippen LogP contribution in [0.2, 0.25) is 0 Å². The highest BCUT2D eigenvalue weighted by atomic mass is 16.5. The summed E-state index contributed by atoms with van der Waals surface area (Å²) in [5.41, 5.74) is 0.824.